The lowest BCUT2D eigenvalue weighted by Crippen LogP contribution is -2.43. The molecular weight excluding hydrogens is 268 g/mol. The highest BCUT2D eigenvalue weighted by atomic mass is 35.5. The quantitative estimate of drug-likeness (QED) is 0.783. The molecule has 1 atom stereocenters. The van der Waals surface area contributed by atoms with E-state index in [1.54, 1.807) is 11.0 Å². The van der Waals surface area contributed by atoms with Crippen molar-refractivity contribution in [2.45, 2.75) is 32.4 Å². The van der Waals surface area contributed by atoms with Crippen molar-refractivity contribution in [2.75, 3.05) is 6.54 Å². The van der Waals surface area contributed by atoms with Crippen molar-refractivity contribution < 1.29 is 4.79 Å². The highest BCUT2D eigenvalue weighted by molar-refractivity contribution is 7.16. The van der Waals surface area contributed by atoms with Gasteiger partial charge >= 0.3 is 0 Å². The van der Waals surface area contributed by atoms with Crippen LogP contribution in [0.3, 0.4) is 0 Å². The second kappa shape index (κ2) is 7.56. The third-order valence-corrected chi connectivity index (χ3v) is 3.77. The molecule has 0 fully saturated rings. The van der Waals surface area contributed by atoms with E-state index in [0.717, 1.165) is 15.6 Å². The number of nitrogens with two attached hydrogens (primary N) is 1. The minimum Gasteiger partial charge on any atom is -0.332 e. The molecule has 0 saturated carbocycles. The summed E-state index contributed by atoms with van der Waals surface area (Å²) in [4.78, 5) is 14.9. The fourth-order valence-electron chi connectivity index (χ4n) is 1.68. The van der Waals surface area contributed by atoms with Crippen LogP contribution in [0.15, 0.2) is 24.8 Å². The first-order valence-electron chi connectivity index (χ1n) is 5.98. The summed E-state index contributed by atoms with van der Waals surface area (Å²) in [5, 5.41) is 0. The van der Waals surface area contributed by atoms with Gasteiger partial charge in [-0.15, -0.1) is 17.9 Å². The van der Waals surface area contributed by atoms with Crippen LogP contribution in [-0.2, 0) is 11.3 Å². The van der Waals surface area contributed by atoms with Crippen LogP contribution in [0.25, 0.3) is 0 Å². The second-order valence-electron chi connectivity index (χ2n) is 4.11. The maximum atomic E-state index is 12.2. The highest BCUT2D eigenvalue weighted by Crippen LogP contribution is 2.23. The molecule has 0 aromatic carbocycles. The average molecular weight is 287 g/mol. The fraction of sp³-hybridized carbons (Fsp3) is 0.462. The number of hydrogen-bond acceptors (Lipinski definition) is 3. The van der Waals surface area contributed by atoms with Crippen LogP contribution in [0.5, 0.6) is 0 Å². The molecule has 0 unspecified atom stereocenters. The zero-order valence-corrected chi connectivity index (χ0v) is 12.1. The van der Waals surface area contributed by atoms with E-state index in [-0.39, 0.29) is 5.91 Å². The maximum absolute atomic E-state index is 12.2. The number of carbonyl (C=O) groups is 1. The number of halogens is 1. The van der Waals surface area contributed by atoms with Gasteiger partial charge in [0, 0.05) is 11.4 Å². The monoisotopic (exact) mass is 286 g/mol. The van der Waals surface area contributed by atoms with Crippen molar-refractivity contribution in [1.29, 1.82) is 0 Å². The topological polar surface area (TPSA) is 46.3 Å². The minimum absolute atomic E-state index is 0.0266. The number of amides is 1. The molecule has 0 radical (unpaired) electrons. The summed E-state index contributed by atoms with van der Waals surface area (Å²) < 4.78 is 0.730. The first kappa shape index (κ1) is 15.2. The lowest BCUT2D eigenvalue weighted by molar-refractivity contribution is -0.132. The molecule has 5 heteroatoms. The molecule has 18 heavy (non-hydrogen) atoms. The molecule has 1 rings (SSSR count). The zero-order chi connectivity index (χ0) is 13.5. The van der Waals surface area contributed by atoms with E-state index < -0.39 is 6.04 Å². The van der Waals surface area contributed by atoms with Gasteiger partial charge < -0.3 is 10.6 Å². The number of hydrogen-bond donors (Lipinski definition) is 1. The van der Waals surface area contributed by atoms with Crippen molar-refractivity contribution in [2.24, 2.45) is 5.73 Å². The van der Waals surface area contributed by atoms with Crippen LogP contribution in [0.1, 0.15) is 24.6 Å². The van der Waals surface area contributed by atoms with Crippen LogP contribution in [-0.4, -0.2) is 23.4 Å². The van der Waals surface area contributed by atoms with Crippen LogP contribution < -0.4 is 5.73 Å². The molecule has 0 aliphatic rings. The van der Waals surface area contributed by atoms with Gasteiger partial charge in [-0.25, -0.2) is 0 Å². The van der Waals surface area contributed by atoms with Gasteiger partial charge in [0.05, 0.1) is 16.9 Å². The lowest BCUT2D eigenvalue weighted by atomic mass is 10.1. The van der Waals surface area contributed by atoms with Gasteiger partial charge in [-0.1, -0.05) is 31.0 Å². The molecule has 0 aliphatic carbocycles. The van der Waals surface area contributed by atoms with Crippen molar-refractivity contribution in [3.8, 4) is 0 Å². The molecule has 0 aliphatic heterocycles. The average Bonchev–Trinajstić information content (AvgIpc) is 2.73. The Balaban J connectivity index is 2.69. The molecular formula is C13H19ClN2OS. The van der Waals surface area contributed by atoms with Gasteiger partial charge in [0.2, 0.25) is 5.91 Å². The van der Waals surface area contributed by atoms with Gasteiger partial charge in [0.25, 0.3) is 0 Å². The Morgan fingerprint density at radius 3 is 2.89 bits per heavy atom. The van der Waals surface area contributed by atoms with E-state index in [9.17, 15) is 4.79 Å². The van der Waals surface area contributed by atoms with E-state index in [2.05, 4.69) is 6.58 Å². The molecule has 1 aromatic rings. The third-order valence-electron chi connectivity index (χ3n) is 2.55. The summed E-state index contributed by atoms with van der Waals surface area (Å²) in [5.74, 6) is -0.0266. The predicted octanol–water partition coefficient (Wildman–Crippen LogP) is 3.04. The SMILES string of the molecule is C=CCN(Cc1ccc(Cl)s1)C(=O)[C@H](N)CCC. The van der Waals surface area contributed by atoms with Gasteiger partial charge in [-0.05, 0) is 18.6 Å². The predicted molar refractivity (Wildman–Crippen MR) is 77.8 cm³/mol. The molecule has 0 saturated heterocycles. The molecule has 1 amide bonds. The Labute approximate surface area is 117 Å². The summed E-state index contributed by atoms with van der Waals surface area (Å²) >= 11 is 7.36. The van der Waals surface area contributed by atoms with Crippen molar-refractivity contribution >= 4 is 28.8 Å². The van der Waals surface area contributed by atoms with Crippen molar-refractivity contribution in [1.82, 2.24) is 4.90 Å². The number of carbonyl (C=O) groups excluding carboxylic acids is 1. The fourth-order valence-corrected chi connectivity index (χ4v) is 2.79. The van der Waals surface area contributed by atoms with Gasteiger partial charge in [0.15, 0.2) is 0 Å². The Kier molecular flexibility index (Phi) is 6.39. The van der Waals surface area contributed by atoms with Crippen LogP contribution >= 0.6 is 22.9 Å². The van der Waals surface area contributed by atoms with E-state index >= 15 is 0 Å². The molecule has 100 valence electrons. The smallest absolute Gasteiger partial charge is 0.240 e. The second-order valence-corrected chi connectivity index (χ2v) is 5.91. The molecule has 0 bridgehead atoms. The summed E-state index contributed by atoms with van der Waals surface area (Å²) in [6.07, 6.45) is 3.32. The minimum atomic E-state index is -0.426. The Bertz CT molecular complexity index is 405. The van der Waals surface area contributed by atoms with Gasteiger partial charge in [-0.2, -0.15) is 0 Å². The maximum Gasteiger partial charge on any atom is 0.240 e. The standard InChI is InChI=1S/C13H19ClN2OS/c1-3-5-11(15)13(17)16(8-4-2)9-10-6-7-12(14)18-10/h4,6-7,11H,2-3,5,8-9,15H2,1H3/t11-/m1/s1. The van der Waals surface area contributed by atoms with Crippen LogP contribution in [0, 0.1) is 0 Å². The lowest BCUT2D eigenvalue weighted by Gasteiger charge is -2.23. The van der Waals surface area contributed by atoms with Gasteiger partial charge in [0.1, 0.15) is 0 Å². The summed E-state index contributed by atoms with van der Waals surface area (Å²) in [6, 6.07) is 3.34. The highest BCUT2D eigenvalue weighted by Gasteiger charge is 2.20. The molecule has 2 N–H and O–H groups in total. The summed E-state index contributed by atoms with van der Waals surface area (Å²) in [6.45, 7) is 6.74. The van der Waals surface area contributed by atoms with E-state index in [4.69, 9.17) is 17.3 Å². The van der Waals surface area contributed by atoms with Crippen LogP contribution in [0.4, 0.5) is 0 Å². The first-order chi connectivity index (χ1) is 8.58. The van der Waals surface area contributed by atoms with E-state index in [1.165, 1.54) is 11.3 Å². The Hall–Kier alpha value is -0.840. The van der Waals surface area contributed by atoms with Gasteiger partial charge in [-0.3, -0.25) is 4.79 Å². The molecule has 0 spiro atoms. The molecule has 1 heterocycles. The molecule has 3 nitrogen and oxygen atoms in total. The normalized spacial score (nSPS) is 12.2. The summed E-state index contributed by atoms with van der Waals surface area (Å²) in [7, 11) is 0. The largest absolute Gasteiger partial charge is 0.332 e. The van der Waals surface area contributed by atoms with Crippen molar-refractivity contribution in [3.63, 3.8) is 0 Å². The third kappa shape index (κ3) is 4.44. The summed E-state index contributed by atoms with van der Waals surface area (Å²) in [5.41, 5.74) is 5.87. The Morgan fingerprint density at radius 2 is 2.39 bits per heavy atom. The first-order valence-corrected chi connectivity index (χ1v) is 7.17. The Morgan fingerprint density at radius 1 is 1.67 bits per heavy atom. The molecule has 1 aromatic heterocycles. The van der Waals surface area contributed by atoms with E-state index in [1.807, 2.05) is 19.1 Å². The number of nitrogens with zero attached hydrogens (tertiary/aromatic N) is 1. The number of thiophene rings is 1. The van der Waals surface area contributed by atoms with Crippen LogP contribution in [0.2, 0.25) is 4.34 Å². The number of rotatable bonds is 7. The van der Waals surface area contributed by atoms with E-state index in [0.29, 0.717) is 19.5 Å². The van der Waals surface area contributed by atoms with Crippen molar-refractivity contribution in [3.05, 3.63) is 34.0 Å². The zero-order valence-electron chi connectivity index (χ0n) is 10.6.